The molecule has 3 aromatic rings. The van der Waals surface area contributed by atoms with Crippen LogP contribution in [0.15, 0.2) is 45.6 Å². The summed E-state index contributed by atoms with van der Waals surface area (Å²) in [4.78, 5) is 12.6. The maximum absolute atomic E-state index is 12.6. The van der Waals surface area contributed by atoms with Gasteiger partial charge in [-0.3, -0.25) is 9.89 Å². The number of hydrogen-bond donors (Lipinski definition) is 2. The molecule has 1 unspecified atom stereocenters. The number of nitrogens with zero attached hydrogens (tertiary/aromatic N) is 1. The van der Waals surface area contributed by atoms with Crippen LogP contribution in [0.2, 0.25) is 5.02 Å². The summed E-state index contributed by atoms with van der Waals surface area (Å²) in [6.45, 7) is 1.85. The van der Waals surface area contributed by atoms with E-state index in [4.69, 9.17) is 11.6 Å². The summed E-state index contributed by atoms with van der Waals surface area (Å²) < 4.78 is 0.676. The van der Waals surface area contributed by atoms with Gasteiger partial charge in [-0.25, -0.2) is 0 Å². The molecule has 1 amide bonds. The van der Waals surface area contributed by atoms with Crippen LogP contribution in [0.3, 0.4) is 0 Å². The highest BCUT2D eigenvalue weighted by Crippen LogP contribution is 2.26. The quantitative estimate of drug-likeness (QED) is 0.654. The zero-order valence-corrected chi connectivity index (χ0v) is 15.3. The Kier molecular flexibility index (Phi) is 4.84. The van der Waals surface area contributed by atoms with Crippen LogP contribution < -0.4 is 5.32 Å². The minimum absolute atomic E-state index is 0.243. The van der Waals surface area contributed by atoms with Crippen molar-refractivity contribution in [3.8, 4) is 0 Å². The molecule has 0 radical (unpaired) electrons. The van der Waals surface area contributed by atoms with E-state index in [0.29, 0.717) is 15.2 Å². The first-order chi connectivity index (χ1) is 11.1. The van der Waals surface area contributed by atoms with Crippen molar-refractivity contribution in [1.82, 2.24) is 15.5 Å². The summed E-state index contributed by atoms with van der Waals surface area (Å²) in [6, 6.07) is 9.20. The van der Waals surface area contributed by atoms with Crippen LogP contribution in [0.25, 0.3) is 0 Å². The molecule has 0 aliphatic rings. The Morgan fingerprint density at radius 2 is 2.04 bits per heavy atom. The van der Waals surface area contributed by atoms with Crippen LogP contribution in [0.4, 0.5) is 0 Å². The number of carbonyl (C=O) groups is 1. The number of H-pyrrole nitrogens is 1. The van der Waals surface area contributed by atoms with E-state index < -0.39 is 0 Å². The first-order valence-electron chi connectivity index (χ1n) is 6.85. The van der Waals surface area contributed by atoms with E-state index >= 15 is 0 Å². The molecular weight excluding hydrogens is 398 g/mol. The SMILES string of the molecule is Cc1[nH]nc(C(=O)NC(c2ccc(Cl)cc2)c2ccsc2)c1Br. The molecular formula is C16H13BrClN3OS. The minimum atomic E-state index is -0.255. The van der Waals surface area contributed by atoms with Gasteiger partial charge in [-0.1, -0.05) is 23.7 Å². The average molecular weight is 411 g/mol. The second kappa shape index (κ2) is 6.86. The van der Waals surface area contributed by atoms with E-state index in [1.54, 1.807) is 11.3 Å². The number of benzene rings is 1. The smallest absolute Gasteiger partial charge is 0.273 e. The van der Waals surface area contributed by atoms with Crippen molar-refractivity contribution in [3.63, 3.8) is 0 Å². The standard InChI is InChI=1S/C16H13BrClN3OS/c1-9-13(17)15(21-20-9)16(22)19-14(11-6-7-23-8-11)10-2-4-12(18)5-3-10/h2-8,14H,1H3,(H,19,22)(H,20,21). The van der Waals surface area contributed by atoms with Gasteiger partial charge in [0.25, 0.3) is 5.91 Å². The Labute approximate surface area is 151 Å². The predicted octanol–water partition coefficient (Wildman–Crippen LogP) is 4.71. The number of nitrogens with one attached hydrogen (secondary N) is 2. The molecule has 4 nitrogen and oxygen atoms in total. The molecule has 0 fully saturated rings. The second-order valence-corrected chi connectivity index (χ2v) is 7.04. The molecule has 1 aromatic carbocycles. The van der Waals surface area contributed by atoms with Crippen molar-refractivity contribution in [2.75, 3.05) is 0 Å². The number of hydrogen-bond acceptors (Lipinski definition) is 3. The molecule has 2 aromatic heterocycles. The van der Waals surface area contributed by atoms with Crippen LogP contribution in [-0.2, 0) is 0 Å². The Balaban J connectivity index is 1.92. The number of carbonyl (C=O) groups excluding carboxylic acids is 1. The number of aryl methyl sites for hydroxylation is 1. The number of aromatic nitrogens is 2. The van der Waals surface area contributed by atoms with Gasteiger partial charge in [0.15, 0.2) is 5.69 Å². The third-order valence-electron chi connectivity index (χ3n) is 3.44. The summed E-state index contributed by atoms with van der Waals surface area (Å²) in [5, 5.41) is 14.6. The number of thiophene rings is 1. The van der Waals surface area contributed by atoms with Gasteiger partial charge in [0.1, 0.15) is 0 Å². The summed E-state index contributed by atoms with van der Waals surface area (Å²) in [5.74, 6) is -0.243. The highest BCUT2D eigenvalue weighted by Gasteiger charge is 2.22. The molecule has 7 heteroatoms. The van der Waals surface area contributed by atoms with Crippen molar-refractivity contribution in [2.45, 2.75) is 13.0 Å². The average Bonchev–Trinajstić information content (AvgIpc) is 3.17. The van der Waals surface area contributed by atoms with Crippen molar-refractivity contribution >= 4 is 44.8 Å². The van der Waals surface area contributed by atoms with Gasteiger partial charge >= 0.3 is 0 Å². The maximum atomic E-state index is 12.6. The van der Waals surface area contributed by atoms with Gasteiger partial charge in [0, 0.05) is 10.7 Å². The van der Waals surface area contributed by atoms with Crippen molar-refractivity contribution in [3.05, 3.63) is 73.1 Å². The summed E-state index contributed by atoms with van der Waals surface area (Å²) in [5.41, 5.74) is 3.14. The molecule has 0 spiro atoms. The van der Waals surface area contributed by atoms with Gasteiger partial charge in [-0.2, -0.15) is 16.4 Å². The molecule has 23 heavy (non-hydrogen) atoms. The Morgan fingerprint density at radius 1 is 1.30 bits per heavy atom. The fourth-order valence-corrected chi connectivity index (χ4v) is 3.39. The monoisotopic (exact) mass is 409 g/mol. The van der Waals surface area contributed by atoms with Crippen LogP contribution in [0.5, 0.6) is 0 Å². The van der Waals surface area contributed by atoms with E-state index in [1.807, 2.05) is 48.0 Å². The molecule has 118 valence electrons. The fourth-order valence-electron chi connectivity index (χ4n) is 2.22. The van der Waals surface area contributed by atoms with E-state index in [0.717, 1.165) is 16.8 Å². The van der Waals surface area contributed by atoms with Gasteiger partial charge in [-0.05, 0) is 62.9 Å². The minimum Gasteiger partial charge on any atom is -0.340 e. The number of halogens is 2. The van der Waals surface area contributed by atoms with Crippen molar-refractivity contribution in [1.29, 1.82) is 0 Å². The van der Waals surface area contributed by atoms with Gasteiger partial charge < -0.3 is 5.32 Å². The van der Waals surface area contributed by atoms with E-state index in [1.165, 1.54) is 0 Å². The van der Waals surface area contributed by atoms with Crippen LogP contribution >= 0.6 is 38.9 Å². The lowest BCUT2D eigenvalue weighted by Crippen LogP contribution is -2.29. The maximum Gasteiger partial charge on any atom is 0.273 e. The van der Waals surface area contributed by atoms with Crippen molar-refractivity contribution in [2.24, 2.45) is 0 Å². The predicted molar refractivity (Wildman–Crippen MR) is 96.1 cm³/mol. The topological polar surface area (TPSA) is 57.8 Å². The first kappa shape index (κ1) is 16.2. The van der Waals surface area contributed by atoms with Crippen LogP contribution in [-0.4, -0.2) is 16.1 Å². The van der Waals surface area contributed by atoms with E-state index in [9.17, 15) is 4.79 Å². The summed E-state index contributed by atoms with van der Waals surface area (Å²) in [7, 11) is 0. The van der Waals surface area contributed by atoms with Gasteiger partial charge in [0.2, 0.25) is 0 Å². The highest BCUT2D eigenvalue weighted by molar-refractivity contribution is 9.10. The molecule has 0 bridgehead atoms. The van der Waals surface area contributed by atoms with Gasteiger partial charge in [0.05, 0.1) is 10.5 Å². The van der Waals surface area contributed by atoms with E-state index in [-0.39, 0.29) is 11.9 Å². The molecule has 2 N–H and O–H groups in total. The zero-order chi connectivity index (χ0) is 16.4. The van der Waals surface area contributed by atoms with Crippen LogP contribution in [0, 0.1) is 6.92 Å². The number of rotatable bonds is 4. The third kappa shape index (κ3) is 3.49. The molecule has 0 saturated heterocycles. The number of amides is 1. The molecule has 0 saturated carbocycles. The first-order valence-corrected chi connectivity index (χ1v) is 8.96. The zero-order valence-electron chi connectivity index (χ0n) is 12.1. The molecule has 0 aliphatic carbocycles. The van der Waals surface area contributed by atoms with Gasteiger partial charge in [-0.15, -0.1) is 0 Å². The van der Waals surface area contributed by atoms with E-state index in [2.05, 4.69) is 31.4 Å². The molecule has 3 rings (SSSR count). The summed E-state index contributed by atoms with van der Waals surface area (Å²) in [6.07, 6.45) is 0. The lowest BCUT2D eigenvalue weighted by atomic mass is 10.0. The Bertz CT molecular complexity index is 814. The molecule has 1 atom stereocenters. The number of aromatic amines is 1. The second-order valence-electron chi connectivity index (χ2n) is 5.03. The van der Waals surface area contributed by atoms with Crippen LogP contribution in [0.1, 0.15) is 33.4 Å². The lowest BCUT2D eigenvalue weighted by Gasteiger charge is -2.18. The lowest BCUT2D eigenvalue weighted by molar-refractivity contribution is 0.0937. The molecule has 0 aliphatic heterocycles. The fraction of sp³-hybridized carbons (Fsp3) is 0.125. The normalized spacial score (nSPS) is 12.1. The third-order valence-corrected chi connectivity index (χ3v) is 5.37. The highest BCUT2D eigenvalue weighted by atomic mass is 79.9. The Morgan fingerprint density at radius 3 is 2.61 bits per heavy atom. The summed E-state index contributed by atoms with van der Waals surface area (Å²) >= 11 is 10.9. The Hall–Kier alpha value is -1.63. The largest absolute Gasteiger partial charge is 0.340 e. The molecule has 2 heterocycles. The van der Waals surface area contributed by atoms with Crippen molar-refractivity contribution < 1.29 is 4.79 Å².